The summed E-state index contributed by atoms with van der Waals surface area (Å²) in [5, 5.41) is 0. The average Bonchev–Trinajstić information content (AvgIpc) is 2.13. The van der Waals surface area contributed by atoms with Gasteiger partial charge in [0.1, 0.15) is 5.60 Å². The Morgan fingerprint density at radius 1 is 1.44 bits per heavy atom. The topological polar surface area (TPSA) is 89.7 Å². The first kappa shape index (κ1) is 14.6. The fourth-order valence-corrected chi connectivity index (χ4v) is 1.79. The van der Waals surface area contributed by atoms with Crippen LogP contribution in [0.15, 0.2) is 0 Å². The number of hydrogen-bond acceptors (Lipinski definition) is 5. The molecule has 6 heteroatoms. The fourth-order valence-electron chi connectivity index (χ4n) is 1.79. The van der Waals surface area contributed by atoms with Gasteiger partial charge in [0.05, 0.1) is 5.92 Å². The van der Waals surface area contributed by atoms with Gasteiger partial charge < -0.3 is 10.5 Å². The Kier molecular flexibility index (Phi) is 4.11. The number of piperidine rings is 1. The molecule has 2 unspecified atom stereocenters. The minimum absolute atomic E-state index is 0.136. The normalized spacial score (nSPS) is 22.9. The first-order valence-corrected chi connectivity index (χ1v) is 5.99. The number of ether oxygens (including phenoxy) is 1. The van der Waals surface area contributed by atoms with Crippen LogP contribution >= 0.6 is 0 Å². The molecule has 1 fully saturated rings. The van der Waals surface area contributed by atoms with E-state index in [-0.39, 0.29) is 6.42 Å². The van der Waals surface area contributed by atoms with E-state index in [1.165, 1.54) is 0 Å². The molecular formula is C12H20N2O4. The SMILES string of the molecule is CC(N)C1CCC(=O)N(C(=O)OC(C)(C)C)C1=O. The molecule has 3 amide bonds. The second kappa shape index (κ2) is 5.06. The van der Waals surface area contributed by atoms with Crippen LogP contribution in [-0.4, -0.2) is 34.5 Å². The number of carbonyl (C=O) groups excluding carboxylic acids is 3. The van der Waals surface area contributed by atoms with E-state index in [9.17, 15) is 14.4 Å². The molecule has 2 atom stereocenters. The molecule has 1 heterocycles. The Morgan fingerprint density at radius 3 is 2.44 bits per heavy atom. The smallest absolute Gasteiger partial charge is 0.424 e. The average molecular weight is 256 g/mol. The Bertz CT molecular complexity index is 371. The second-order valence-electron chi connectivity index (χ2n) is 5.55. The molecule has 1 rings (SSSR count). The maximum atomic E-state index is 12.0. The van der Waals surface area contributed by atoms with E-state index in [1.807, 2.05) is 0 Å². The van der Waals surface area contributed by atoms with Gasteiger partial charge in [-0.1, -0.05) is 0 Å². The van der Waals surface area contributed by atoms with Crippen LogP contribution in [0.1, 0.15) is 40.5 Å². The van der Waals surface area contributed by atoms with Gasteiger partial charge in [-0.05, 0) is 34.1 Å². The lowest BCUT2D eigenvalue weighted by molar-refractivity contribution is -0.150. The van der Waals surface area contributed by atoms with Gasteiger partial charge in [-0.3, -0.25) is 9.59 Å². The van der Waals surface area contributed by atoms with Gasteiger partial charge in [-0.25, -0.2) is 4.79 Å². The van der Waals surface area contributed by atoms with Crippen molar-refractivity contribution in [3.63, 3.8) is 0 Å². The van der Waals surface area contributed by atoms with E-state index in [1.54, 1.807) is 27.7 Å². The van der Waals surface area contributed by atoms with Crippen molar-refractivity contribution in [2.45, 2.75) is 52.2 Å². The third kappa shape index (κ3) is 3.29. The van der Waals surface area contributed by atoms with Gasteiger partial charge in [0.15, 0.2) is 0 Å². The maximum absolute atomic E-state index is 12.0. The summed E-state index contributed by atoms with van der Waals surface area (Å²) in [4.78, 5) is 36.1. The van der Waals surface area contributed by atoms with Crippen LogP contribution in [0.25, 0.3) is 0 Å². The minimum atomic E-state index is -0.914. The van der Waals surface area contributed by atoms with Gasteiger partial charge >= 0.3 is 6.09 Å². The van der Waals surface area contributed by atoms with Gasteiger partial charge in [0.25, 0.3) is 0 Å². The number of imide groups is 3. The van der Waals surface area contributed by atoms with E-state index in [2.05, 4.69) is 0 Å². The number of carbonyl (C=O) groups is 3. The quantitative estimate of drug-likeness (QED) is 0.708. The lowest BCUT2D eigenvalue weighted by Crippen LogP contribution is -2.53. The van der Waals surface area contributed by atoms with Crippen molar-refractivity contribution in [1.29, 1.82) is 0 Å². The molecule has 0 aromatic heterocycles. The molecule has 102 valence electrons. The number of amides is 3. The van der Waals surface area contributed by atoms with Crippen LogP contribution in [-0.2, 0) is 14.3 Å². The zero-order valence-electron chi connectivity index (χ0n) is 11.2. The molecule has 0 aromatic rings. The van der Waals surface area contributed by atoms with Crippen LogP contribution in [0.3, 0.4) is 0 Å². The standard InChI is InChI=1S/C12H20N2O4/c1-7(13)8-5-6-9(15)14(10(8)16)11(17)18-12(2,3)4/h7-8H,5-6,13H2,1-4H3. The summed E-state index contributed by atoms with van der Waals surface area (Å²) in [6.45, 7) is 6.71. The number of nitrogens with zero attached hydrogens (tertiary/aromatic N) is 1. The Balaban J connectivity index is 2.87. The first-order chi connectivity index (χ1) is 8.13. The van der Waals surface area contributed by atoms with Crippen LogP contribution in [0, 0.1) is 5.92 Å². The van der Waals surface area contributed by atoms with E-state index < -0.39 is 35.5 Å². The predicted octanol–water partition coefficient (Wildman–Crippen LogP) is 1.03. The third-order valence-corrected chi connectivity index (χ3v) is 2.67. The zero-order valence-corrected chi connectivity index (χ0v) is 11.2. The summed E-state index contributed by atoms with van der Waals surface area (Å²) < 4.78 is 5.05. The molecule has 1 aliphatic heterocycles. The van der Waals surface area contributed by atoms with E-state index in [0.717, 1.165) is 0 Å². The molecule has 6 nitrogen and oxygen atoms in total. The fraction of sp³-hybridized carbons (Fsp3) is 0.750. The van der Waals surface area contributed by atoms with E-state index in [0.29, 0.717) is 11.3 Å². The van der Waals surface area contributed by atoms with Gasteiger partial charge in [-0.2, -0.15) is 4.90 Å². The summed E-state index contributed by atoms with van der Waals surface area (Å²) >= 11 is 0. The van der Waals surface area contributed by atoms with Crippen molar-refractivity contribution in [3.8, 4) is 0 Å². The minimum Gasteiger partial charge on any atom is -0.443 e. The van der Waals surface area contributed by atoms with Crippen molar-refractivity contribution in [1.82, 2.24) is 4.90 Å². The van der Waals surface area contributed by atoms with E-state index in [4.69, 9.17) is 10.5 Å². The molecular weight excluding hydrogens is 236 g/mol. The zero-order chi connectivity index (χ0) is 14.1. The van der Waals surface area contributed by atoms with Crippen molar-refractivity contribution < 1.29 is 19.1 Å². The Labute approximate surface area is 106 Å². The second-order valence-corrected chi connectivity index (χ2v) is 5.55. The molecule has 1 saturated heterocycles. The van der Waals surface area contributed by atoms with E-state index >= 15 is 0 Å². The monoisotopic (exact) mass is 256 g/mol. The summed E-state index contributed by atoms with van der Waals surface area (Å²) in [7, 11) is 0. The van der Waals surface area contributed by atoms with Crippen LogP contribution in [0.4, 0.5) is 4.79 Å². The van der Waals surface area contributed by atoms with Gasteiger partial charge in [0, 0.05) is 12.5 Å². The van der Waals surface area contributed by atoms with Crippen molar-refractivity contribution in [2.24, 2.45) is 11.7 Å². The van der Waals surface area contributed by atoms with Crippen LogP contribution in [0.5, 0.6) is 0 Å². The highest BCUT2D eigenvalue weighted by molar-refractivity contribution is 6.11. The van der Waals surface area contributed by atoms with Crippen LogP contribution < -0.4 is 5.73 Å². The molecule has 0 saturated carbocycles. The number of rotatable bonds is 1. The van der Waals surface area contributed by atoms with Crippen LogP contribution in [0.2, 0.25) is 0 Å². The summed E-state index contributed by atoms with van der Waals surface area (Å²) in [5.74, 6) is -1.59. The highest BCUT2D eigenvalue weighted by atomic mass is 16.6. The summed E-state index contributed by atoms with van der Waals surface area (Å²) in [6.07, 6.45) is -0.394. The lowest BCUT2D eigenvalue weighted by Gasteiger charge is -2.32. The highest BCUT2D eigenvalue weighted by Crippen LogP contribution is 2.23. The predicted molar refractivity (Wildman–Crippen MR) is 64.5 cm³/mol. The van der Waals surface area contributed by atoms with Gasteiger partial charge in [-0.15, -0.1) is 0 Å². The van der Waals surface area contributed by atoms with Gasteiger partial charge in [0.2, 0.25) is 11.8 Å². The summed E-state index contributed by atoms with van der Waals surface area (Å²) in [6, 6.07) is -0.393. The Morgan fingerprint density at radius 2 is 2.00 bits per heavy atom. The molecule has 0 bridgehead atoms. The lowest BCUT2D eigenvalue weighted by atomic mass is 9.91. The molecule has 0 spiro atoms. The first-order valence-electron chi connectivity index (χ1n) is 5.99. The summed E-state index contributed by atoms with van der Waals surface area (Å²) in [5.41, 5.74) is 4.93. The third-order valence-electron chi connectivity index (χ3n) is 2.67. The van der Waals surface area contributed by atoms with Crippen molar-refractivity contribution in [3.05, 3.63) is 0 Å². The highest BCUT2D eigenvalue weighted by Gasteiger charge is 2.41. The number of hydrogen-bond donors (Lipinski definition) is 1. The molecule has 0 aliphatic carbocycles. The molecule has 0 radical (unpaired) electrons. The van der Waals surface area contributed by atoms with Crippen molar-refractivity contribution in [2.75, 3.05) is 0 Å². The molecule has 1 aliphatic rings. The molecule has 0 aromatic carbocycles. The Hall–Kier alpha value is -1.43. The maximum Gasteiger partial charge on any atom is 0.424 e. The molecule has 18 heavy (non-hydrogen) atoms. The van der Waals surface area contributed by atoms with Crippen molar-refractivity contribution >= 4 is 17.9 Å². The number of likely N-dealkylation sites (tertiary alicyclic amines) is 1. The largest absolute Gasteiger partial charge is 0.443 e. The number of nitrogens with two attached hydrogens (primary N) is 1. The molecule has 2 N–H and O–H groups in total.